The van der Waals surface area contributed by atoms with Gasteiger partial charge in [0.05, 0.1) is 29.9 Å². The molecule has 5 rings (SSSR count). The first-order chi connectivity index (χ1) is 16.2. The van der Waals surface area contributed by atoms with E-state index >= 15 is 0 Å². The molecule has 3 aromatic rings. The van der Waals surface area contributed by atoms with E-state index in [9.17, 15) is 9.70 Å². The molecule has 1 aromatic carbocycles. The predicted octanol–water partition coefficient (Wildman–Crippen LogP) is 5.15. The number of fused-ring (bicyclic) bond motifs is 1. The van der Waals surface area contributed by atoms with Gasteiger partial charge in [0.1, 0.15) is 17.2 Å². The van der Waals surface area contributed by atoms with E-state index in [-0.39, 0.29) is 5.92 Å². The van der Waals surface area contributed by atoms with E-state index in [0.29, 0.717) is 47.1 Å². The van der Waals surface area contributed by atoms with Gasteiger partial charge < -0.3 is 18.7 Å². The molecule has 10 nitrogen and oxygen atoms in total. The summed E-state index contributed by atoms with van der Waals surface area (Å²) in [4.78, 5) is 30.3. The third kappa shape index (κ3) is 4.01. The van der Waals surface area contributed by atoms with Crippen LogP contribution in [0.2, 0.25) is 0 Å². The summed E-state index contributed by atoms with van der Waals surface area (Å²) in [5.41, 5.74) is 3.09. The Morgan fingerprint density at radius 2 is 1.91 bits per heavy atom. The van der Waals surface area contributed by atoms with Gasteiger partial charge in [-0.15, -0.1) is 4.91 Å². The van der Waals surface area contributed by atoms with Crippen molar-refractivity contribution in [1.82, 2.24) is 14.7 Å². The van der Waals surface area contributed by atoms with Crippen LogP contribution < -0.4 is 0 Å². The number of hydrogen-bond acceptors (Lipinski definition) is 9. The Labute approximate surface area is 196 Å². The Hall–Kier alpha value is -3.11. The molecular formula is C24H28N4O6. The van der Waals surface area contributed by atoms with E-state index in [2.05, 4.69) is 10.3 Å². The van der Waals surface area contributed by atoms with Crippen LogP contribution in [0.15, 0.2) is 21.8 Å². The van der Waals surface area contributed by atoms with Gasteiger partial charge in [-0.1, -0.05) is 10.3 Å². The van der Waals surface area contributed by atoms with Crippen molar-refractivity contribution in [2.45, 2.75) is 71.3 Å². The first-order valence-corrected chi connectivity index (χ1v) is 11.5. The average Bonchev–Trinajstić information content (AvgIpc) is 3.16. The van der Waals surface area contributed by atoms with E-state index < -0.39 is 24.0 Å². The third-order valence-corrected chi connectivity index (χ3v) is 5.99. The van der Waals surface area contributed by atoms with E-state index in [1.807, 2.05) is 46.8 Å². The van der Waals surface area contributed by atoms with Gasteiger partial charge in [0.2, 0.25) is 0 Å². The van der Waals surface area contributed by atoms with E-state index in [1.54, 1.807) is 0 Å². The zero-order valence-corrected chi connectivity index (χ0v) is 20.0. The van der Waals surface area contributed by atoms with Crippen molar-refractivity contribution in [2.75, 3.05) is 13.2 Å². The fourth-order valence-electron chi connectivity index (χ4n) is 4.41. The molecule has 0 amide bonds. The van der Waals surface area contributed by atoms with Gasteiger partial charge in [0, 0.05) is 17.0 Å². The second kappa shape index (κ2) is 8.28. The number of imidazole rings is 1. The molecular weight excluding hydrogens is 440 g/mol. The van der Waals surface area contributed by atoms with E-state index in [0.717, 1.165) is 24.0 Å². The van der Waals surface area contributed by atoms with Crippen molar-refractivity contribution < 1.29 is 23.5 Å². The summed E-state index contributed by atoms with van der Waals surface area (Å²) >= 11 is 0. The molecule has 0 N–H and O–H groups in total. The minimum absolute atomic E-state index is 0.150. The van der Waals surface area contributed by atoms with Gasteiger partial charge in [-0.25, -0.2) is 14.3 Å². The highest BCUT2D eigenvalue weighted by molar-refractivity contribution is 5.93. The maximum Gasteiger partial charge on any atom is 0.420 e. The normalized spacial score (nSPS) is 17.9. The maximum absolute atomic E-state index is 13.4. The van der Waals surface area contributed by atoms with E-state index in [4.69, 9.17) is 23.7 Å². The summed E-state index contributed by atoms with van der Waals surface area (Å²) in [6.07, 6.45) is 0.532. The number of aryl methyl sites for hydroxylation is 2. The molecule has 2 fully saturated rings. The minimum atomic E-state index is -0.959. The second-order valence-corrected chi connectivity index (χ2v) is 9.85. The first-order valence-electron chi connectivity index (χ1n) is 11.5. The molecule has 1 aliphatic carbocycles. The average molecular weight is 469 g/mol. The van der Waals surface area contributed by atoms with Gasteiger partial charge in [-0.3, -0.25) is 0 Å². The molecule has 0 spiro atoms. The summed E-state index contributed by atoms with van der Waals surface area (Å²) in [6.45, 7) is 9.88. The van der Waals surface area contributed by atoms with Gasteiger partial charge in [0.15, 0.2) is 12.3 Å². The van der Waals surface area contributed by atoms with Crippen LogP contribution in [-0.2, 0) is 14.2 Å². The fourth-order valence-corrected chi connectivity index (χ4v) is 4.41. The van der Waals surface area contributed by atoms with E-state index in [1.165, 1.54) is 4.57 Å². The number of rotatable bonds is 5. The highest BCUT2D eigenvalue weighted by Crippen LogP contribution is 2.44. The lowest BCUT2D eigenvalue weighted by atomic mass is 9.96. The fraction of sp³-hybridized carbons (Fsp3) is 0.542. The zero-order chi connectivity index (χ0) is 24.2. The highest BCUT2D eigenvalue weighted by Gasteiger charge is 2.37. The molecule has 1 aliphatic heterocycles. The van der Waals surface area contributed by atoms with Crippen LogP contribution >= 0.6 is 0 Å². The van der Waals surface area contributed by atoms with Crippen LogP contribution in [0.1, 0.15) is 68.4 Å². The Morgan fingerprint density at radius 3 is 2.47 bits per heavy atom. The summed E-state index contributed by atoms with van der Waals surface area (Å²) in [5, 5.41) is 7.43. The van der Waals surface area contributed by atoms with Gasteiger partial charge in [-0.05, 0) is 65.2 Å². The smallest absolute Gasteiger partial charge is 0.420 e. The quantitative estimate of drug-likeness (QED) is 0.472. The summed E-state index contributed by atoms with van der Waals surface area (Å²) < 4.78 is 23.9. The molecule has 2 aliphatic rings. The molecule has 180 valence electrons. The number of nitrogens with zero attached hydrogens (tertiary/aromatic N) is 4. The largest absolute Gasteiger partial charge is 0.443 e. The number of carbonyl (C=O) groups excluding carboxylic acids is 1. The van der Waals surface area contributed by atoms with Crippen LogP contribution in [0.5, 0.6) is 0 Å². The first kappa shape index (κ1) is 22.7. The van der Waals surface area contributed by atoms with Crippen LogP contribution in [0.25, 0.3) is 22.2 Å². The molecule has 1 saturated carbocycles. The van der Waals surface area contributed by atoms with Crippen molar-refractivity contribution in [1.29, 1.82) is 0 Å². The molecule has 3 heterocycles. The van der Waals surface area contributed by atoms with Crippen LogP contribution in [0, 0.1) is 18.8 Å². The molecule has 34 heavy (non-hydrogen) atoms. The number of benzene rings is 1. The topological polar surface area (TPSA) is 118 Å². The number of carbonyl (C=O) groups is 1. The molecule has 0 bridgehead atoms. The van der Waals surface area contributed by atoms with Crippen molar-refractivity contribution >= 4 is 17.1 Å². The highest BCUT2D eigenvalue weighted by atomic mass is 16.7. The van der Waals surface area contributed by atoms with Gasteiger partial charge >= 0.3 is 6.09 Å². The molecule has 1 saturated heterocycles. The Balaban J connectivity index is 1.78. The zero-order valence-electron chi connectivity index (χ0n) is 20.0. The predicted molar refractivity (Wildman–Crippen MR) is 123 cm³/mol. The lowest BCUT2D eigenvalue weighted by Gasteiger charge is -2.21. The van der Waals surface area contributed by atoms with Crippen molar-refractivity contribution in [3.8, 4) is 11.1 Å². The number of ether oxygens (including phenoxy) is 3. The molecule has 1 atom stereocenters. The SMILES string of the molecule is Cc1noc(C)c1-c1cc(C(N=O)C2OCCO2)c2nc(C3CC3)n(C(=O)OC(C)(C)C)c2c1. The van der Waals surface area contributed by atoms with Gasteiger partial charge in [-0.2, -0.15) is 0 Å². The Kier molecular flexibility index (Phi) is 5.52. The molecule has 2 aromatic heterocycles. The third-order valence-electron chi connectivity index (χ3n) is 5.99. The number of nitroso groups, excluding NO2 is 1. The standard InChI is InChI=1S/C24H28N4O6/c1-12-18(13(2)34-27-12)15-10-16(20(26-30)22-31-8-9-32-22)19-17(11-15)28(21(25-19)14-6-7-14)23(29)33-24(3,4)5/h10-11,14,20,22H,6-9H2,1-5H3. The van der Waals surface area contributed by atoms with Crippen molar-refractivity contribution in [3.05, 3.63) is 39.9 Å². The molecule has 0 radical (unpaired) electrons. The molecule has 1 unspecified atom stereocenters. The van der Waals surface area contributed by atoms with Crippen molar-refractivity contribution in [2.24, 2.45) is 5.18 Å². The van der Waals surface area contributed by atoms with Crippen LogP contribution in [0.3, 0.4) is 0 Å². The monoisotopic (exact) mass is 468 g/mol. The van der Waals surface area contributed by atoms with Crippen LogP contribution in [-0.4, -0.2) is 45.9 Å². The van der Waals surface area contributed by atoms with Gasteiger partial charge in [0.25, 0.3) is 0 Å². The number of hydrogen-bond donors (Lipinski definition) is 0. The summed E-state index contributed by atoms with van der Waals surface area (Å²) in [7, 11) is 0. The minimum Gasteiger partial charge on any atom is -0.443 e. The molecule has 10 heteroatoms. The Bertz CT molecular complexity index is 1240. The lowest BCUT2D eigenvalue weighted by molar-refractivity contribution is -0.0592. The Morgan fingerprint density at radius 1 is 1.21 bits per heavy atom. The van der Waals surface area contributed by atoms with Crippen molar-refractivity contribution in [3.63, 3.8) is 0 Å². The second-order valence-electron chi connectivity index (χ2n) is 9.85. The number of aromatic nitrogens is 3. The van der Waals surface area contributed by atoms with Crippen LogP contribution in [0.4, 0.5) is 4.79 Å². The lowest BCUT2D eigenvalue weighted by Crippen LogP contribution is -2.28. The summed E-state index contributed by atoms with van der Waals surface area (Å²) in [6, 6.07) is 2.75. The summed E-state index contributed by atoms with van der Waals surface area (Å²) in [5.74, 6) is 1.40. The maximum atomic E-state index is 13.4.